The third-order valence-electron chi connectivity index (χ3n) is 5.04. The molecule has 3 nitrogen and oxygen atoms in total. The van der Waals surface area contributed by atoms with Gasteiger partial charge in [-0.1, -0.05) is 43.5 Å². The van der Waals surface area contributed by atoms with Gasteiger partial charge in [0.2, 0.25) is 5.91 Å². The van der Waals surface area contributed by atoms with E-state index < -0.39 is 5.60 Å². The summed E-state index contributed by atoms with van der Waals surface area (Å²) in [6.07, 6.45) is 7.03. The van der Waals surface area contributed by atoms with Gasteiger partial charge in [-0.05, 0) is 36.8 Å². The molecular formula is C18H25NO2. The third-order valence-corrected chi connectivity index (χ3v) is 5.04. The minimum atomic E-state index is -0.742. The summed E-state index contributed by atoms with van der Waals surface area (Å²) in [5.41, 5.74) is 1.99. The molecule has 0 bridgehead atoms. The number of nitrogens with zero attached hydrogens (tertiary/aromatic N) is 1. The summed E-state index contributed by atoms with van der Waals surface area (Å²) in [5, 5.41) is 10.6. The molecule has 114 valence electrons. The molecule has 1 saturated carbocycles. The molecule has 0 spiro atoms. The molecule has 0 unspecified atom stereocenters. The fraction of sp³-hybridized carbons (Fsp3) is 0.611. The predicted molar refractivity (Wildman–Crippen MR) is 83.1 cm³/mol. The summed E-state index contributed by atoms with van der Waals surface area (Å²) in [4.78, 5) is 14.5. The molecule has 1 aromatic rings. The van der Waals surface area contributed by atoms with Crippen LogP contribution in [-0.4, -0.2) is 34.6 Å². The highest BCUT2D eigenvalue weighted by molar-refractivity contribution is 5.77. The van der Waals surface area contributed by atoms with Crippen molar-refractivity contribution in [3.05, 3.63) is 35.4 Å². The molecule has 0 atom stereocenters. The van der Waals surface area contributed by atoms with Gasteiger partial charge in [-0.2, -0.15) is 0 Å². The molecule has 3 heteroatoms. The summed E-state index contributed by atoms with van der Waals surface area (Å²) in [6, 6.07) is 8.47. The molecule has 0 saturated heterocycles. The molecule has 21 heavy (non-hydrogen) atoms. The fourth-order valence-electron chi connectivity index (χ4n) is 3.70. The highest BCUT2D eigenvalue weighted by Gasteiger charge is 2.33. The average Bonchev–Trinajstić information content (AvgIpc) is 2.70. The van der Waals surface area contributed by atoms with Gasteiger partial charge in [-0.3, -0.25) is 4.79 Å². The van der Waals surface area contributed by atoms with Gasteiger partial charge in [0, 0.05) is 13.1 Å². The summed E-state index contributed by atoms with van der Waals surface area (Å²) in [6.45, 7) is 1.57. The Kier molecular flexibility index (Phi) is 4.29. The van der Waals surface area contributed by atoms with E-state index in [0.717, 1.165) is 51.6 Å². The second kappa shape index (κ2) is 6.18. The number of carbonyl (C=O) groups is 1. The molecule has 1 aromatic carbocycles. The molecule has 3 rings (SSSR count). The molecule has 1 N–H and O–H groups in total. The lowest BCUT2D eigenvalue weighted by Crippen LogP contribution is -2.41. The van der Waals surface area contributed by atoms with Crippen molar-refractivity contribution in [2.24, 2.45) is 0 Å². The molecule has 0 radical (unpaired) electrons. The number of benzene rings is 1. The summed E-state index contributed by atoms with van der Waals surface area (Å²) < 4.78 is 0. The maximum absolute atomic E-state index is 12.5. The lowest BCUT2D eigenvalue weighted by molar-refractivity contribution is -0.137. The number of fused-ring (bicyclic) bond motifs is 1. The van der Waals surface area contributed by atoms with Gasteiger partial charge in [0.15, 0.2) is 0 Å². The normalized spacial score (nSPS) is 21.5. The van der Waals surface area contributed by atoms with Gasteiger partial charge in [-0.25, -0.2) is 0 Å². The maximum Gasteiger partial charge on any atom is 0.225 e. The van der Waals surface area contributed by atoms with E-state index in [1.807, 2.05) is 4.90 Å². The van der Waals surface area contributed by atoms with E-state index in [2.05, 4.69) is 24.3 Å². The second-order valence-electron chi connectivity index (χ2n) is 6.61. The Balaban J connectivity index is 1.61. The van der Waals surface area contributed by atoms with Crippen LogP contribution in [0.2, 0.25) is 0 Å². The third kappa shape index (κ3) is 3.46. The predicted octanol–water partition coefficient (Wildman–Crippen LogP) is 2.70. The number of amides is 1. The van der Waals surface area contributed by atoms with Crippen LogP contribution in [0.3, 0.4) is 0 Å². The van der Waals surface area contributed by atoms with E-state index in [4.69, 9.17) is 0 Å². The number of carbonyl (C=O) groups excluding carboxylic acids is 1. The SMILES string of the molecule is O=C(CC1(O)CCCCC1)N1CCc2ccccc2CC1. The second-order valence-corrected chi connectivity index (χ2v) is 6.61. The van der Waals surface area contributed by atoms with Crippen LogP contribution >= 0.6 is 0 Å². The fourth-order valence-corrected chi connectivity index (χ4v) is 3.70. The van der Waals surface area contributed by atoms with Crippen LogP contribution in [0.15, 0.2) is 24.3 Å². The monoisotopic (exact) mass is 287 g/mol. The van der Waals surface area contributed by atoms with Crippen molar-refractivity contribution in [2.75, 3.05) is 13.1 Å². The number of aliphatic hydroxyl groups is 1. The Bertz CT molecular complexity index is 479. The van der Waals surface area contributed by atoms with Gasteiger partial charge in [0.05, 0.1) is 12.0 Å². The number of hydrogen-bond acceptors (Lipinski definition) is 2. The van der Waals surface area contributed by atoms with Crippen LogP contribution in [0.25, 0.3) is 0 Å². The van der Waals surface area contributed by atoms with Gasteiger partial charge >= 0.3 is 0 Å². The Labute approximate surface area is 127 Å². The first-order valence-corrected chi connectivity index (χ1v) is 8.23. The van der Waals surface area contributed by atoms with Crippen LogP contribution in [-0.2, 0) is 17.6 Å². The zero-order valence-corrected chi connectivity index (χ0v) is 12.7. The van der Waals surface area contributed by atoms with Crippen LogP contribution in [0, 0.1) is 0 Å². The summed E-state index contributed by atoms with van der Waals surface area (Å²) >= 11 is 0. The molecule has 1 aliphatic carbocycles. The first-order valence-electron chi connectivity index (χ1n) is 8.23. The standard InChI is InChI=1S/C18H25NO2/c20-17(14-18(21)10-4-1-5-11-18)19-12-8-15-6-2-3-7-16(15)9-13-19/h2-3,6-7,21H,1,4-5,8-14H2. The summed E-state index contributed by atoms with van der Waals surface area (Å²) in [5.74, 6) is 0.132. The molecule has 0 aromatic heterocycles. The van der Waals surface area contributed by atoms with Crippen LogP contribution in [0.4, 0.5) is 0 Å². The Morgan fingerprint density at radius 3 is 2.19 bits per heavy atom. The Morgan fingerprint density at radius 2 is 1.62 bits per heavy atom. The van der Waals surface area contributed by atoms with Crippen molar-refractivity contribution in [2.45, 2.75) is 57.0 Å². The minimum absolute atomic E-state index is 0.132. The van der Waals surface area contributed by atoms with Crippen molar-refractivity contribution in [3.63, 3.8) is 0 Å². The van der Waals surface area contributed by atoms with Crippen molar-refractivity contribution in [1.82, 2.24) is 4.90 Å². The quantitative estimate of drug-likeness (QED) is 0.908. The molecule has 1 aliphatic heterocycles. The van der Waals surface area contributed by atoms with Crippen molar-refractivity contribution in [1.29, 1.82) is 0 Å². The lowest BCUT2D eigenvalue weighted by Gasteiger charge is -2.33. The highest BCUT2D eigenvalue weighted by Crippen LogP contribution is 2.31. The number of rotatable bonds is 2. The van der Waals surface area contributed by atoms with E-state index in [1.165, 1.54) is 17.5 Å². The van der Waals surface area contributed by atoms with Crippen LogP contribution in [0.5, 0.6) is 0 Å². The van der Waals surface area contributed by atoms with Gasteiger partial charge < -0.3 is 10.0 Å². The van der Waals surface area contributed by atoms with Gasteiger partial charge in [0.1, 0.15) is 0 Å². The van der Waals surface area contributed by atoms with Crippen molar-refractivity contribution >= 4 is 5.91 Å². The van der Waals surface area contributed by atoms with E-state index in [-0.39, 0.29) is 5.91 Å². The Hall–Kier alpha value is -1.35. The van der Waals surface area contributed by atoms with Gasteiger partial charge in [-0.15, -0.1) is 0 Å². The molecule has 1 amide bonds. The van der Waals surface area contributed by atoms with E-state index >= 15 is 0 Å². The topological polar surface area (TPSA) is 40.5 Å². The van der Waals surface area contributed by atoms with Crippen LogP contribution < -0.4 is 0 Å². The first kappa shape index (κ1) is 14.6. The zero-order chi connectivity index (χ0) is 14.7. The van der Waals surface area contributed by atoms with E-state index in [1.54, 1.807) is 0 Å². The average molecular weight is 287 g/mol. The largest absolute Gasteiger partial charge is 0.389 e. The van der Waals surface area contributed by atoms with E-state index in [9.17, 15) is 9.90 Å². The lowest BCUT2D eigenvalue weighted by atomic mass is 9.82. The summed E-state index contributed by atoms with van der Waals surface area (Å²) in [7, 11) is 0. The number of hydrogen-bond donors (Lipinski definition) is 1. The first-order chi connectivity index (χ1) is 10.2. The Morgan fingerprint density at radius 1 is 1.05 bits per heavy atom. The minimum Gasteiger partial charge on any atom is -0.389 e. The van der Waals surface area contributed by atoms with Crippen molar-refractivity contribution in [3.8, 4) is 0 Å². The highest BCUT2D eigenvalue weighted by atomic mass is 16.3. The van der Waals surface area contributed by atoms with Crippen molar-refractivity contribution < 1.29 is 9.90 Å². The van der Waals surface area contributed by atoms with E-state index in [0.29, 0.717) is 6.42 Å². The van der Waals surface area contributed by atoms with Crippen LogP contribution in [0.1, 0.15) is 49.7 Å². The maximum atomic E-state index is 12.5. The zero-order valence-electron chi connectivity index (χ0n) is 12.7. The molecular weight excluding hydrogens is 262 g/mol. The molecule has 2 aliphatic rings. The van der Waals surface area contributed by atoms with Gasteiger partial charge in [0.25, 0.3) is 0 Å². The molecule has 1 fully saturated rings. The molecule has 1 heterocycles. The smallest absolute Gasteiger partial charge is 0.225 e.